The van der Waals surface area contributed by atoms with Crippen LogP contribution < -0.4 is 16.0 Å². The summed E-state index contributed by atoms with van der Waals surface area (Å²) < 4.78 is 5.75. The molecule has 3 N–H and O–H groups in total. The Morgan fingerprint density at radius 1 is 0.850 bits per heavy atom. The number of hydrogen-bond donors (Lipinski definition) is 3. The Morgan fingerprint density at radius 3 is 2.15 bits per heavy atom. The molecule has 0 radical (unpaired) electrons. The van der Waals surface area contributed by atoms with E-state index >= 15 is 0 Å². The van der Waals surface area contributed by atoms with Crippen LogP contribution in [0.5, 0.6) is 0 Å². The van der Waals surface area contributed by atoms with E-state index in [1.165, 1.54) is 12.2 Å². The highest BCUT2D eigenvalue weighted by Crippen LogP contribution is 2.34. The average Bonchev–Trinajstić information content (AvgIpc) is 3.38. The maximum absolute atomic E-state index is 12.6. The molecule has 0 saturated carbocycles. The molecule has 3 aromatic carbocycles. The predicted molar refractivity (Wildman–Crippen MR) is 167 cm³/mol. The second-order valence-corrected chi connectivity index (χ2v) is 11.1. The number of thiocarbonyl (C=S) groups is 1. The smallest absolute Gasteiger partial charge is 0.255 e. The van der Waals surface area contributed by atoms with E-state index < -0.39 is 5.91 Å². The number of carbonyl (C=O) groups is 2. The molecule has 1 aromatic heterocycles. The topological polar surface area (TPSA) is 83.4 Å². The fourth-order valence-corrected chi connectivity index (χ4v) is 4.33. The van der Waals surface area contributed by atoms with Gasteiger partial charge in [0.15, 0.2) is 5.11 Å². The van der Waals surface area contributed by atoms with Crippen LogP contribution in [-0.4, -0.2) is 16.9 Å². The van der Waals surface area contributed by atoms with Gasteiger partial charge in [0.25, 0.3) is 5.91 Å². The van der Waals surface area contributed by atoms with Crippen LogP contribution in [0, 0.1) is 0 Å². The molecule has 4 aromatic rings. The molecule has 40 heavy (non-hydrogen) atoms. The standard InChI is InChI=1S/C31H27Cl2N3O3S/c1-31(2,3)20-9-7-19(8-10-20)29(38)34-21-11-13-22(14-12-21)35-30(40)36-27(37)18-16-23-15-17-26(39-23)24-5-4-6-25(32)28(24)33/h4-18H,1-3H3,(H,34,38)(H2,35,36,37,40). The van der Waals surface area contributed by atoms with E-state index in [9.17, 15) is 9.59 Å². The van der Waals surface area contributed by atoms with Gasteiger partial charge in [-0.05, 0) is 89.9 Å². The molecule has 9 heteroatoms. The molecule has 2 amide bonds. The maximum atomic E-state index is 12.6. The van der Waals surface area contributed by atoms with E-state index in [4.69, 9.17) is 39.8 Å². The molecule has 1 heterocycles. The molecule has 204 valence electrons. The maximum Gasteiger partial charge on any atom is 0.255 e. The second-order valence-electron chi connectivity index (χ2n) is 9.94. The first-order valence-corrected chi connectivity index (χ1v) is 13.5. The average molecular weight is 593 g/mol. The van der Waals surface area contributed by atoms with Gasteiger partial charge in [-0.25, -0.2) is 0 Å². The van der Waals surface area contributed by atoms with E-state index in [0.717, 1.165) is 5.56 Å². The van der Waals surface area contributed by atoms with Crippen LogP contribution in [0.1, 0.15) is 42.5 Å². The van der Waals surface area contributed by atoms with Gasteiger partial charge in [0, 0.05) is 28.6 Å². The molecular formula is C31H27Cl2N3O3S. The number of benzene rings is 3. The third-order valence-electron chi connectivity index (χ3n) is 5.89. The lowest BCUT2D eigenvalue weighted by atomic mass is 9.87. The summed E-state index contributed by atoms with van der Waals surface area (Å²) in [4.78, 5) is 24.9. The molecule has 0 spiro atoms. The zero-order chi connectivity index (χ0) is 28.9. The van der Waals surface area contributed by atoms with Crippen molar-refractivity contribution >= 4 is 69.8 Å². The molecule has 0 aliphatic rings. The highest BCUT2D eigenvalue weighted by molar-refractivity contribution is 7.80. The molecule has 6 nitrogen and oxygen atoms in total. The number of anilines is 2. The van der Waals surface area contributed by atoms with Crippen molar-refractivity contribution in [3.63, 3.8) is 0 Å². The van der Waals surface area contributed by atoms with Gasteiger partial charge in [-0.15, -0.1) is 0 Å². The molecule has 0 aliphatic carbocycles. The first-order chi connectivity index (χ1) is 19.0. The summed E-state index contributed by atoms with van der Waals surface area (Å²) in [5, 5.41) is 9.34. The summed E-state index contributed by atoms with van der Waals surface area (Å²) in [5.41, 5.74) is 3.69. The highest BCUT2D eigenvalue weighted by Gasteiger charge is 2.15. The van der Waals surface area contributed by atoms with Gasteiger partial charge < -0.3 is 15.1 Å². The summed E-state index contributed by atoms with van der Waals surface area (Å²) in [6.07, 6.45) is 2.83. The monoisotopic (exact) mass is 591 g/mol. The van der Waals surface area contributed by atoms with Crippen molar-refractivity contribution in [2.75, 3.05) is 10.6 Å². The van der Waals surface area contributed by atoms with Crippen LogP contribution in [0.4, 0.5) is 11.4 Å². The largest absolute Gasteiger partial charge is 0.457 e. The van der Waals surface area contributed by atoms with Crippen LogP contribution in [0.25, 0.3) is 17.4 Å². The van der Waals surface area contributed by atoms with Crippen molar-refractivity contribution in [1.29, 1.82) is 0 Å². The van der Waals surface area contributed by atoms with E-state index in [-0.39, 0.29) is 16.4 Å². The Labute approximate surface area is 248 Å². The van der Waals surface area contributed by atoms with Crippen molar-refractivity contribution in [1.82, 2.24) is 5.32 Å². The Morgan fingerprint density at radius 2 is 1.50 bits per heavy atom. The van der Waals surface area contributed by atoms with E-state index in [2.05, 4.69) is 36.7 Å². The Bertz CT molecular complexity index is 1570. The lowest BCUT2D eigenvalue weighted by Gasteiger charge is -2.19. The lowest BCUT2D eigenvalue weighted by Crippen LogP contribution is -2.32. The number of nitrogens with one attached hydrogen (secondary N) is 3. The van der Waals surface area contributed by atoms with Gasteiger partial charge >= 0.3 is 0 Å². The molecule has 0 atom stereocenters. The van der Waals surface area contributed by atoms with Crippen molar-refractivity contribution in [2.45, 2.75) is 26.2 Å². The van der Waals surface area contributed by atoms with Gasteiger partial charge in [-0.1, -0.05) is 62.2 Å². The summed E-state index contributed by atoms with van der Waals surface area (Å²) in [6, 6.07) is 23.3. The fourth-order valence-electron chi connectivity index (χ4n) is 3.72. The fraction of sp³-hybridized carbons (Fsp3) is 0.129. The minimum atomic E-state index is -0.433. The third-order valence-corrected chi connectivity index (χ3v) is 6.92. The van der Waals surface area contributed by atoms with Crippen molar-refractivity contribution in [2.24, 2.45) is 0 Å². The Hall–Kier alpha value is -3.91. The molecular weight excluding hydrogens is 565 g/mol. The Kier molecular flexibility index (Phi) is 9.10. The van der Waals surface area contributed by atoms with Crippen LogP contribution in [0.3, 0.4) is 0 Å². The minimum absolute atomic E-state index is 0.0189. The molecule has 0 aliphatic heterocycles. The minimum Gasteiger partial charge on any atom is -0.457 e. The predicted octanol–water partition coefficient (Wildman–Crippen LogP) is 8.33. The van der Waals surface area contributed by atoms with Crippen molar-refractivity contribution < 1.29 is 14.0 Å². The third kappa shape index (κ3) is 7.60. The molecule has 0 saturated heterocycles. The molecule has 0 fully saturated rings. The molecule has 0 unspecified atom stereocenters. The molecule has 4 rings (SSSR count). The number of hydrogen-bond acceptors (Lipinski definition) is 4. The van der Waals surface area contributed by atoms with Crippen LogP contribution in [0.15, 0.2) is 89.4 Å². The number of amides is 2. The van der Waals surface area contributed by atoms with Gasteiger partial charge in [0.05, 0.1) is 10.0 Å². The van der Waals surface area contributed by atoms with Crippen LogP contribution in [0.2, 0.25) is 10.0 Å². The normalized spacial score (nSPS) is 11.3. The molecule has 0 bridgehead atoms. The zero-order valence-electron chi connectivity index (χ0n) is 22.0. The number of rotatable bonds is 6. The van der Waals surface area contributed by atoms with Crippen LogP contribution >= 0.6 is 35.4 Å². The van der Waals surface area contributed by atoms with Gasteiger partial charge in [-0.2, -0.15) is 0 Å². The van der Waals surface area contributed by atoms with Gasteiger partial charge in [-0.3, -0.25) is 14.9 Å². The quantitative estimate of drug-likeness (QED) is 0.155. The first kappa shape index (κ1) is 29.1. The first-order valence-electron chi connectivity index (χ1n) is 12.4. The summed E-state index contributed by atoms with van der Waals surface area (Å²) >= 11 is 17.6. The van der Waals surface area contributed by atoms with Crippen LogP contribution in [-0.2, 0) is 10.2 Å². The summed E-state index contributed by atoms with van der Waals surface area (Å²) in [7, 11) is 0. The van der Waals surface area contributed by atoms with E-state index in [1.54, 1.807) is 54.6 Å². The highest BCUT2D eigenvalue weighted by atomic mass is 35.5. The van der Waals surface area contributed by atoms with Crippen molar-refractivity contribution in [3.8, 4) is 11.3 Å². The lowest BCUT2D eigenvalue weighted by molar-refractivity contribution is -0.115. The second kappa shape index (κ2) is 12.5. The van der Waals surface area contributed by atoms with Gasteiger partial charge in [0.1, 0.15) is 11.5 Å². The van der Waals surface area contributed by atoms with Crippen molar-refractivity contribution in [3.05, 3.63) is 112 Å². The number of furan rings is 1. The zero-order valence-corrected chi connectivity index (χ0v) is 24.4. The van der Waals surface area contributed by atoms with E-state index in [0.29, 0.717) is 44.1 Å². The summed E-state index contributed by atoms with van der Waals surface area (Å²) in [6.45, 7) is 6.38. The van der Waals surface area contributed by atoms with Gasteiger partial charge in [0.2, 0.25) is 5.91 Å². The Balaban J connectivity index is 1.27. The van der Waals surface area contributed by atoms with E-state index in [1.807, 2.05) is 24.3 Å². The summed E-state index contributed by atoms with van der Waals surface area (Å²) in [5.74, 6) is 0.360. The number of halogens is 2. The SMILES string of the molecule is CC(C)(C)c1ccc(C(=O)Nc2ccc(NC(=S)NC(=O)C=Cc3ccc(-c4cccc(Cl)c4Cl)o3)cc2)cc1. The number of carbonyl (C=O) groups excluding carboxylic acids is 2.